The maximum Gasteiger partial charge on any atom is 0.256 e. The van der Waals surface area contributed by atoms with Crippen molar-refractivity contribution in [3.8, 4) is 0 Å². The molecule has 0 aromatic carbocycles. The molecule has 100 valence electrons. The van der Waals surface area contributed by atoms with Gasteiger partial charge in [0.25, 0.3) is 5.91 Å². The third-order valence-corrected chi connectivity index (χ3v) is 4.55. The highest BCUT2D eigenvalue weighted by atomic mass is 35.5. The van der Waals surface area contributed by atoms with E-state index in [0.717, 1.165) is 19.6 Å². The zero-order chi connectivity index (χ0) is 11.9. The fourth-order valence-corrected chi connectivity index (χ4v) is 3.40. The van der Waals surface area contributed by atoms with Gasteiger partial charge in [0.05, 0.1) is 18.4 Å². The number of carbonyl (C=O) groups excluding carboxylic acids is 1. The molecule has 2 N–H and O–H groups in total. The molecule has 0 bridgehead atoms. The highest BCUT2D eigenvalue weighted by molar-refractivity contribution is 7.03. The molecule has 3 heterocycles. The van der Waals surface area contributed by atoms with Crippen molar-refractivity contribution in [3.63, 3.8) is 0 Å². The maximum atomic E-state index is 12.2. The van der Waals surface area contributed by atoms with Crippen LogP contribution in [0.15, 0.2) is 11.6 Å². The molecule has 2 aliphatic heterocycles. The van der Waals surface area contributed by atoms with Gasteiger partial charge in [-0.25, -0.2) is 4.37 Å². The van der Waals surface area contributed by atoms with Gasteiger partial charge in [-0.3, -0.25) is 4.79 Å². The van der Waals surface area contributed by atoms with Crippen molar-refractivity contribution in [2.24, 2.45) is 11.3 Å². The van der Waals surface area contributed by atoms with Crippen LogP contribution in [0.5, 0.6) is 0 Å². The summed E-state index contributed by atoms with van der Waals surface area (Å²) >= 11 is 1.29. The standard InChI is InChI=1S/C11H15N3O2S.ClH/c15-7-11-5-12-2-9(11)3-14(6-11)10(16)8-1-13-17-4-8;/h1,4,9,12,15H,2-3,5-7H2;1H. The molecule has 0 radical (unpaired) electrons. The number of aromatic nitrogens is 1. The molecule has 7 heteroatoms. The second kappa shape index (κ2) is 5.13. The van der Waals surface area contributed by atoms with Crippen LogP contribution in [0.2, 0.25) is 0 Å². The van der Waals surface area contributed by atoms with Crippen molar-refractivity contribution in [2.75, 3.05) is 32.8 Å². The van der Waals surface area contributed by atoms with E-state index in [1.54, 1.807) is 11.6 Å². The van der Waals surface area contributed by atoms with Gasteiger partial charge in [-0.1, -0.05) is 0 Å². The van der Waals surface area contributed by atoms with E-state index < -0.39 is 0 Å². The molecule has 5 nitrogen and oxygen atoms in total. The van der Waals surface area contributed by atoms with Gasteiger partial charge in [0, 0.05) is 37.0 Å². The van der Waals surface area contributed by atoms with Gasteiger partial charge in [0.1, 0.15) is 0 Å². The summed E-state index contributed by atoms with van der Waals surface area (Å²) in [6.45, 7) is 3.24. The molecule has 0 spiro atoms. The summed E-state index contributed by atoms with van der Waals surface area (Å²) in [7, 11) is 0. The summed E-state index contributed by atoms with van der Waals surface area (Å²) in [4.78, 5) is 14.0. The van der Waals surface area contributed by atoms with Gasteiger partial charge in [0.2, 0.25) is 0 Å². The molecule has 2 saturated heterocycles. The predicted octanol–water partition coefficient (Wildman–Crippen LogP) is 0.219. The number of aliphatic hydroxyl groups excluding tert-OH is 1. The van der Waals surface area contributed by atoms with Gasteiger partial charge in [-0.15, -0.1) is 12.4 Å². The van der Waals surface area contributed by atoms with E-state index in [1.807, 2.05) is 4.90 Å². The van der Waals surface area contributed by atoms with Crippen molar-refractivity contribution < 1.29 is 9.90 Å². The molecule has 2 fully saturated rings. The Morgan fingerprint density at radius 3 is 3.17 bits per heavy atom. The zero-order valence-electron chi connectivity index (χ0n) is 9.83. The summed E-state index contributed by atoms with van der Waals surface area (Å²) in [5, 5.41) is 14.6. The number of hydrogen-bond donors (Lipinski definition) is 2. The summed E-state index contributed by atoms with van der Waals surface area (Å²) in [6.07, 6.45) is 1.62. The largest absolute Gasteiger partial charge is 0.396 e. The molecule has 1 aromatic heterocycles. The molecule has 1 aromatic rings. The first kappa shape index (κ1) is 13.7. The Kier molecular flexibility index (Phi) is 3.91. The van der Waals surface area contributed by atoms with Crippen molar-refractivity contribution in [1.82, 2.24) is 14.6 Å². The van der Waals surface area contributed by atoms with Crippen LogP contribution in [0.1, 0.15) is 10.4 Å². The zero-order valence-corrected chi connectivity index (χ0v) is 11.5. The normalized spacial score (nSPS) is 30.1. The number of fused-ring (bicyclic) bond motifs is 1. The molecule has 1 amide bonds. The van der Waals surface area contributed by atoms with Crippen LogP contribution < -0.4 is 5.32 Å². The Morgan fingerprint density at radius 1 is 1.72 bits per heavy atom. The monoisotopic (exact) mass is 289 g/mol. The molecular formula is C11H16ClN3O2S. The lowest BCUT2D eigenvalue weighted by Gasteiger charge is -2.24. The fraction of sp³-hybridized carbons (Fsp3) is 0.636. The average Bonchev–Trinajstić information content (AvgIpc) is 3.03. The lowest BCUT2D eigenvalue weighted by Crippen LogP contribution is -2.37. The summed E-state index contributed by atoms with van der Waals surface area (Å²) in [6, 6.07) is 0. The van der Waals surface area contributed by atoms with E-state index in [-0.39, 0.29) is 30.3 Å². The van der Waals surface area contributed by atoms with E-state index in [9.17, 15) is 9.90 Å². The number of carbonyl (C=O) groups is 1. The van der Waals surface area contributed by atoms with Gasteiger partial charge in [-0.2, -0.15) is 0 Å². The van der Waals surface area contributed by atoms with Crippen molar-refractivity contribution in [1.29, 1.82) is 0 Å². The Balaban J connectivity index is 0.00000120. The van der Waals surface area contributed by atoms with Gasteiger partial charge >= 0.3 is 0 Å². The van der Waals surface area contributed by atoms with Crippen LogP contribution in [0.4, 0.5) is 0 Å². The molecule has 18 heavy (non-hydrogen) atoms. The molecule has 3 rings (SSSR count). The SMILES string of the molecule is Cl.O=C(c1cnsc1)N1CC2CNCC2(CO)C1. The number of aliphatic hydroxyl groups is 1. The Morgan fingerprint density at radius 2 is 2.56 bits per heavy atom. The fourth-order valence-electron chi connectivity index (χ4n) is 2.89. The highest BCUT2D eigenvalue weighted by Crippen LogP contribution is 2.38. The minimum absolute atomic E-state index is 0. The molecule has 2 atom stereocenters. The van der Waals surface area contributed by atoms with E-state index in [2.05, 4.69) is 9.69 Å². The first-order valence-corrected chi connectivity index (χ1v) is 6.59. The van der Waals surface area contributed by atoms with Crippen molar-refractivity contribution >= 4 is 29.8 Å². The lowest BCUT2D eigenvalue weighted by molar-refractivity contribution is 0.0745. The van der Waals surface area contributed by atoms with E-state index in [0.29, 0.717) is 18.0 Å². The van der Waals surface area contributed by atoms with Crippen molar-refractivity contribution in [2.45, 2.75) is 0 Å². The molecule has 2 aliphatic rings. The van der Waals surface area contributed by atoms with Gasteiger partial charge in [0.15, 0.2) is 0 Å². The van der Waals surface area contributed by atoms with E-state index >= 15 is 0 Å². The Hall–Kier alpha value is -0.690. The van der Waals surface area contributed by atoms with Crippen LogP contribution >= 0.6 is 23.9 Å². The number of nitrogens with zero attached hydrogens (tertiary/aromatic N) is 2. The lowest BCUT2D eigenvalue weighted by atomic mass is 9.82. The third kappa shape index (κ3) is 2.03. The van der Waals surface area contributed by atoms with E-state index in [4.69, 9.17) is 0 Å². The number of halogens is 1. The number of nitrogens with one attached hydrogen (secondary N) is 1. The number of hydrogen-bond acceptors (Lipinski definition) is 5. The second-order valence-corrected chi connectivity index (χ2v) is 5.60. The minimum atomic E-state index is -0.126. The molecule has 2 unspecified atom stereocenters. The third-order valence-electron chi connectivity index (χ3n) is 3.96. The summed E-state index contributed by atoms with van der Waals surface area (Å²) in [5.74, 6) is 0.420. The van der Waals surface area contributed by atoms with Crippen molar-refractivity contribution in [3.05, 3.63) is 17.1 Å². The van der Waals surface area contributed by atoms with Crippen LogP contribution in [-0.2, 0) is 0 Å². The Labute approximate surface area is 116 Å². The average molecular weight is 290 g/mol. The topological polar surface area (TPSA) is 65.5 Å². The molecule has 0 saturated carbocycles. The number of amides is 1. The number of likely N-dealkylation sites (tertiary alicyclic amines) is 1. The highest BCUT2D eigenvalue weighted by Gasteiger charge is 2.50. The maximum absolute atomic E-state index is 12.2. The molecule has 0 aliphatic carbocycles. The predicted molar refractivity (Wildman–Crippen MR) is 71.1 cm³/mol. The minimum Gasteiger partial charge on any atom is -0.396 e. The van der Waals surface area contributed by atoms with Gasteiger partial charge in [-0.05, 0) is 17.5 Å². The van der Waals surface area contributed by atoms with Crippen LogP contribution in [-0.4, -0.2) is 53.1 Å². The first-order valence-electron chi connectivity index (χ1n) is 5.75. The smallest absolute Gasteiger partial charge is 0.256 e. The second-order valence-electron chi connectivity index (χ2n) is 4.95. The summed E-state index contributed by atoms with van der Waals surface area (Å²) < 4.78 is 3.96. The summed E-state index contributed by atoms with van der Waals surface area (Å²) in [5.41, 5.74) is 0.537. The number of rotatable bonds is 2. The Bertz CT molecular complexity index is 428. The molecular weight excluding hydrogens is 274 g/mol. The van der Waals surface area contributed by atoms with Crippen LogP contribution in [0.25, 0.3) is 0 Å². The quantitative estimate of drug-likeness (QED) is 0.817. The van der Waals surface area contributed by atoms with E-state index in [1.165, 1.54) is 11.5 Å². The first-order chi connectivity index (χ1) is 8.25. The van der Waals surface area contributed by atoms with Crippen LogP contribution in [0, 0.1) is 11.3 Å². The van der Waals surface area contributed by atoms with Gasteiger partial charge < -0.3 is 15.3 Å². The van der Waals surface area contributed by atoms with Crippen LogP contribution in [0.3, 0.4) is 0 Å².